The summed E-state index contributed by atoms with van der Waals surface area (Å²) in [5.74, 6) is 2.24. The van der Waals surface area contributed by atoms with Crippen molar-refractivity contribution in [2.24, 2.45) is 11.8 Å². The molecule has 2 nitrogen and oxygen atoms in total. The van der Waals surface area contributed by atoms with Gasteiger partial charge < -0.3 is 0 Å². The summed E-state index contributed by atoms with van der Waals surface area (Å²) in [5.41, 5.74) is 2.60. The zero-order valence-electron chi connectivity index (χ0n) is 11.1. The quantitative estimate of drug-likeness (QED) is 0.706. The molecule has 2 unspecified atom stereocenters. The van der Waals surface area contributed by atoms with Crippen molar-refractivity contribution in [1.29, 1.82) is 0 Å². The third kappa shape index (κ3) is 2.09. The molecule has 1 aromatic rings. The van der Waals surface area contributed by atoms with E-state index in [1.807, 2.05) is 12.4 Å². The molecule has 1 saturated carbocycles. The van der Waals surface area contributed by atoms with Gasteiger partial charge in [0.15, 0.2) is 0 Å². The summed E-state index contributed by atoms with van der Waals surface area (Å²) in [7, 11) is 0. The molecule has 2 aliphatic rings. The molecule has 0 bridgehead atoms. The van der Waals surface area contributed by atoms with Crippen molar-refractivity contribution >= 4 is 5.78 Å². The molecule has 2 atom stereocenters. The van der Waals surface area contributed by atoms with E-state index in [0.29, 0.717) is 24.0 Å². The molecule has 0 aromatic carbocycles. The van der Waals surface area contributed by atoms with E-state index >= 15 is 0 Å². The first kappa shape index (κ1) is 11.9. The van der Waals surface area contributed by atoms with Crippen LogP contribution in [0.4, 0.5) is 0 Å². The molecular formula is C16H21NO. The largest absolute Gasteiger partial charge is 0.299 e. The van der Waals surface area contributed by atoms with Gasteiger partial charge in [0.25, 0.3) is 0 Å². The molecule has 0 aliphatic heterocycles. The van der Waals surface area contributed by atoms with E-state index in [4.69, 9.17) is 0 Å². The molecular weight excluding hydrogens is 222 g/mol. The average molecular weight is 243 g/mol. The van der Waals surface area contributed by atoms with E-state index in [1.165, 1.54) is 36.8 Å². The van der Waals surface area contributed by atoms with E-state index < -0.39 is 0 Å². The number of rotatable bonds is 1. The summed E-state index contributed by atoms with van der Waals surface area (Å²) in [5, 5.41) is 0. The van der Waals surface area contributed by atoms with E-state index in [0.717, 1.165) is 12.3 Å². The molecule has 2 aliphatic carbocycles. The Hall–Kier alpha value is -1.18. The first-order chi connectivity index (χ1) is 8.75. The van der Waals surface area contributed by atoms with Crippen LogP contribution in [0.5, 0.6) is 0 Å². The topological polar surface area (TPSA) is 30.0 Å². The van der Waals surface area contributed by atoms with Gasteiger partial charge in [0, 0.05) is 25.2 Å². The van der Waals surface area contributed by atoms with Gasteiger partial charge in [-0.05, 0) is 47.8 Å². The van der Waals surface area contributed by atoms with Gasteiger partial charge in [-0.25, -0.2) is 0 Å². The zero-order valence-corrected chi connectivity index (χ0v) is 11.1. The molecule has 0 N–H and O–H groups in total. The first-order valence-corrected chi connectivity index (χ1v) is 7.20. The Bertz CT molecular complexity index is 448. The van der Waals surface area contributed by atoms with Gasteiger partial charge in [0.1, 0.15) is 5.78 Å². The SMILES string of the molecule is CC1CC(=O)Cc2cnccc2C1C1CCCC1. The van der Waals surface area contributed by atoms with Crippen molar-refractivity contribution in [2.45, 2.75) is 51.4 Å². The fourth-order valence-electron chi connectivity index (χ4n) is 4.02. The second-order valence-electron chi connectivity index (χ2n) is 6.04. The normalized spacial score (nSPS) is 29.1. The van der Waals surface area contributed by atoms with Gasteiger partial charge >= 0.3 is 0 Å². The van der Waals surface area contributed by atoms with Gasteiger partial charge in [-0.15, -0.1) is 0 Å². The van der Waals surface area contributed by atoms with Gasteiger partial charge in [-0.2, -0.15) is 0 Å². The molecule has 2 heteroatoms. The third-order valence-electron chi connectivity index (χ3n) is 4.76. The second-order valence-corrected chi connectivity index (χ2v) is 6.04. The van der Waals surface area contributed by atoms with Gasteiger partial charge in [-0.1, -0.05) is 19.8 Å². The fourth-order valence-corrected chi connectivity index (χ4v) is 4.02. The van der Waals surface area contributed by atoms with Crippen molar-refractivity contribution < 1.29 is 4.79 Å². The lowest BCUT2D eigenvalue weighted by molar-refractivity contribution is -0.119. The number of ketones is 1. The Morgan fingerprint density at radius 3 is 2.83 bits per heavy atom. The minimum Gasteiger partial charge on any atom is -0.299 e. The van der Waals surface area contributed by atoms with Crippen molar-refractivity contribution in [1.82, 2.24) is 4.98 Å². The molecule has 0 spiro atoms. The van der Waals surface area contributed by atoms with Crippen LogP contribution in [0.25, 0.3) is 0 Å². The number of hydrogen-bond donors (Lipinski definition) is 0. The molecule has 0 radical (unpaired) electrons. The number of carbonyl (C=O) groups is 1. The van der Waals surface area contributed by atoms with Crippen LogP contribution in [0, 0.1) is 11.8 Å². The highest BCUT2D eigenvalue weighted by Gasteiger charge is 2.35. The van der Waals surface area contributed by atoms with Crippen LogP contribution in [0.3, 0.4) is 0 Å². The Kier molecular flexibility index (Phi) is 3.19. The van der Waals surface area contributed by atoms with E-state index in [-0.39, 0.29) is 0 Å². The van der Waals surface area contributed by atoms with Crippen LogP contribution < -0.4 is 0 Å². The summed E-state index contributed by atoms with van der Waals surface area (Å²) in [6.07, 6.45) is 10.5. The predicted octanol–water partition coefficient (Wildman–Crippen LogP) is 3.51. The van der Waals surface area contributed by atoms with E-state index in [2.05, 4.69) is 18.0 Å². The number of carbonyl (C=O) groups excluding carboxylic acids is 1. The Morgan fingerprint density at radius 2 is 2.06 bits per heavy atom. The highest BCUT2D eigenvalue weighted by Crippen LogP contribution is 2.45. The number of hydrogen-bond acceptors (Lipinski definition) is 2. The lowest BCUT2D eigenvalue weighted by Gasteiger charge is -2.29. The molecule has 1 fully saturated rings. The minimum absolute atomic E-state index is 0.386. The van der Waals surface area contributed by atoms with Crippen LogP contribution >= 0.6 is 0 Å². The molecule has 18 heavy (non-hydrogen) atoms. The van der Waals surface area contributed by atoms with Crippen molar-refractivity contribution in [2.75, 3.05) is 0 Å². The van der Waals surface area contributed by atoms with Crippen LogP contribution in [0.2, 0.25) is 0 Å². The zero-order chi connectivity index (χ0) is 12.5. The van der Waals surface area contributed by atoms with Gasteiger partial charge in [-0.3, -0.25) is 9.78 Å². The molecule has 0 saturated heterocycles. The van der Waals surface area contributed by atoms with Gasteiger partial charge in [0.2, 0.25) is 0 Å². The molecule has 3 rings (SSSR count). The van der Waals surface area contributed by atoms with E-state index in [1.54, 1.807) is 0 Å². The number of Topliss-reactive ketones (excluding diaryl/α,β-unsaturated/α-hetero) is 1. The summed E-state index contributed by atoms with van der Waals surface area (Å²) in [4.78, 5) is 16.2. The lowest BCUT2D eigenvalue weighted by Crippen LogP contribution is -2.18. The minimum atomic E-state index is 0.386. The number of aromatic nitrogens is 1. The summed E-state index contributed by atoms with van der Waals surface area (Å²) in [6, 6.07) is 2.16. The van der Waals surface area contributed by atoms with Crippen LogP contribution in [0.1, 0.15) is 56.1 Å². The highest BCUT2D eigenvalue weighted by molar-refractivity contribution is 5.82. The molecule has 1 aromatic heterocycles. The maximum Gasteiger partial charge on any atom is 0.137 e. The monoisotopic (exact) mass is 243 g/mol. The highest BCUT2D eigenvalue weighted by atomic mass is 16.1. The summed E-state index contributed by atoms with van der Waals surface area (Å²) >= 11 is 0. The van der Waals surface area contributed by atoms with Crippen LogP contribution in [0.15, 0.2) is 18.5 Å². The van der Waals surface area contributed by atoms with Crippen molar-refractivity contribution in [3.63, 3.8) is 0 Å². The maximum atomic E-state index is 12.0. The second kappa shape index (κ2) is 4.83. The summed E-state index contributed by atoms with van der Waals surface area (Å²) in [6.45, 7) is 2.26. The Balaban J connectivity index is 2.01. The van der Waals surface area contributed by atoms with Crippen molar-refractivity contribution in [3.05, 3.63) is 29.6 Å². The smallest absolute Gasteiger partial charge is 0.137 e. The number of pyridine rings is 1. The van der Waals surface area contributed by atoms with Crippen LogP contribution in [-0.4, -0.2) is 10.8 Å². The molecule has 1 heterocycles. The van der Waals surface area contributed by atoms with E-state index in [9.17, 15) is 4.79 Å². The molecule has 96 valence electrons. The fraction of sp³-hybridized carbons (Fsp3) is 0.625. The van der Waals surface area contributed by atoms with Gasteiger partial charge in [0.05, 0.1) is 0 Å². The first-order valence-electron chi connectivity index (χ1n) is 7.20. The number of fused-ring (bicyclic) bond motifs is 1. The van der Waals surface area contributed by atoms with Crippen LogP contribution in [-0.2, 0) is 11.2 Å². The predicted molar refractivity (Wildman–Crippen MR) is 71.4 cm³/mol. The standard InChI is InChI=1S/C16H21NO/c1-11-8-14(18)9-13-10-17-7-6-15(13)16(11)12-4-2-3-5-12/h6-7,10-12,16H,2-5,8-9H2,1H3. The Morgan fingerprint density at radius 1 is 1.28 bits per heavy atom. The average Bonchev–Trinajstić information content (AvgIpc) is 2.81. The number of nitrogens with zero attached hydrogens (tertiary/aromatic N) is 1. The Labute approximate surface area is 109 Å². The lowest BCUT2D eigenvalue weighted by atomic mass is 9.76. The van der Waals surface area contributed by atoms with Crippen molar-refractivity contribution in [3.8, 4) is 0 Å². The maximum absolute atomic E-state index is 12.0. The molecule has 0 amide bonds. The third-order valence-corrected chi connectivity index (χ3v) is 4.76. The summed E-state index contributed by atoms with van der Waals surface area (Å²) < 4.78 is 0.